The lowest BCUT2D eigenvalue weighted by Crippen LogP contribution is -2.51. The Kier molecular flexibility index (Phi) is 10.6. The minimum atomic E-state index is -0.185. The maximum atomic E-state index is 6.28. The molecule has 1 heterocycles. The summed E-state index contributed by atoms with van der Waals surface area (Å²) < 4.78 is 16.3. The number of nitrogens with one attached hydrogen (secondary N) is 2. The Balaban J connectivity index is 0.00000338. The first-order valence-corrected chi connectivity index (χ1v) is 8.90. The molecule has 0 bridgehead atoms. The highest BCUT2D eigenvalue weighted by Gasteiger charge is 2.32. The molecule has 8 heteroatoms. The molecule has 1 aliphatic rings. The zero-order valence-electron chi connectivity index (χ0n) is 15.6. The predicted octanol–water partition coefficient (Wildman–Crippen LogP) is 2.87. The van der Waals surface area contributed by atoms with Crippen LogP contribution in [0.5, 0.6) is 5.75 Å². The van der Waals surface area contributed by atoms with Gasteiger partial charge in [-0.05, 0) is 24.1 Å². The van der Waals surface area contributed by atoms with Gasteiger partial charge in [0.25, 0.3) is 0 Å². The van der Waals surface area contributed by atoms with Crippen LogP contribution in [-0.2, 0) is 15.9 Å². The van der Waals surface area contributed by atoms with Crippen LogP contribution >= 0.6 is 35.6 Å². The first kappa shape index (κ1) is 23.3. The molecule has 1 aromatic rings. The molecule has 0 saturated carbocycles. The Morgan fingerprint density at radius 3 is 2.58 bits per heavy atom. The van der Waals surface area contributed by atoms with Crippen LogP contribution in [0.25, 0.3) is 0 Å². The van der Waals surface area contributed by atoms with E-state index in [4.69, 9.17) is 25.8 Å². The van der Waals surface area contributed by atoms with Crippen LogP contribution in [-0.4, -0.2) is 59.1 Å². The van der Waals surface area contributed by atoms with Gasteiger partial charge in [0.05, 0.1) is 12.7 Å². The summed E-state index contributed by atoms with van der Waals surface area (Å²) in [6, 6.07) is 5.74. The molecule has 0 spiro atoms. The van der Waals surface area contributed by atoms with E-state index in [-0.39, 0.29) is 29.6 Å². The van der Waals surface area contributed by atoms with Gasteiger partial charge in [0.1, 0.15) is 5.75 Å². The fourth-order valence-electron chi connectivity index (χ4n) is 2.84. The fourth-order valence-corrected chi connectivity index (χ4v) is 3.10. The first-order chi connectivity index (χ1) is 12.1. The largest absolute Gasteiger partial charge is 0.497 e. The van der Waals surface area contributed by atoms with Crippen molar-refractivity contribution in [2.45, 2.75) is 24.9 Å². The van der Waals surface area contributed by atoms with Crippen molar-refractivity contribution in [3.8, 4) is 5.75 Å². The molecule has 6 nitrogen and oxygen atoms in total. The van der Waals surface area contributed by atoms with Crippen LogP contribution in [0.4, 0.5) is 0 Å². The number of rotatable bonds is 7. The minimum Gasteiger partial charge on any atom is -0.497 e. The molecule has 148 valence electrons. The van der Waals surface area contributed by atoms with Crippen molar-refractivity contribution in [1.82, 2.24) is 10.6 Å². The van der Waals surface area contributed by atoms with Gasteiger partial charge >= 0.3 is 0 Å². The summed E-state index contributed by atoms with van der Waals surface area (Å²) in [5, 5.41) is 7.38. The van der Waals surface area contributed by atoms with Gasteiger partial charge in [0, 0.05) is 58.3 Å². The summed E-state index contributed by atoms with van der Waals surface area (Å²) in [7, 11) is 5.15. The number of guanidine groups is 1. The molecule has 2 rings (SSSR count). The van der Waals surface area contributed by atoms with Crippen LogP contribution in [0.2, 0.25) is 5.02 Å². The number of hydrogen-bond donors (Lipinski definition) is 2. The van der Waals surface area contributed by atoms with Gasteiger partial charge in [-0.2, -0.15) is 0 Å². The van der Waals surface area contributed by atoms with Crippen molar-refractivity contribution in [1.29, 1.82) is 0 Å². The Labute approximate surface area is 178 Å². The summed E-state index contributed by atoms with van der Waals surface area (Å²) in [4.78, 5) is 4.27. The van der Waals surface area contributed by atoms with Gasteiger partial charge < -0.3 is 24.8 Å². The van der Waals surface area contributed by atoms with E-state index in [1.807, 2.05) is 18.2 Å². The average Bonchev–Trinajstić information content (AvgIpc) is 2.66. The Morgan fingerprint density at radius 2 is 2.00 bits per heavy atom. The zero-order chi connectivity index (χ0) is 18.1. The second-order valence-electron chi connectivity index (χ2n) is 6.06. The van der Waals surface area contributed by atoms with Crippen LogP contribution in [0.3, 0.4) is 0 Å². The van der Waals surface area contributed by atoms with E-state index >= 15 is 0 Å². The minimum absolute atomic E-state index is 0. The van der Waals surface area contributed by atoms with Crippen molar-refractivity contribution < 1.29 is 14.2 Å². The Morgan fingerprint density at radius 1 is 1.27 bits per heavy atom. The summed E-state index contributed by atoms with van der Waals surface area (Å²) in [5.74, 6) is 1.52. The Hall–Kier alpha value is -0.770. The Bertz CT molecular complexity index is 581. The predicted molar refractivity (Wildman–Crippen MR) is 116 cm³/mol. The maximum Gasteiger partial charge on any atom is 0.191 e. The molecule has 0 aromatic heterocycles. The van der Waals surface area contributed by atoms with Crippen molar-refractivity contribution in [2.24, 2.45) is 4.99 Å². The fraction of sp³-hybridized carbons (Fsp3) is 0.611. The molecule has 0 radical (unpaired) electrons. The molecule has 1 saturated heterocycles. The molecule has 0 aliphatic carbocycles. The summed E-state index contributed by atoms with van der Waals surface area (Å²) in [6.45, 7) is 2.90. The highest BCUT2D eigenvalue weighted by atomic mass is 127. The van der Waals surface area contributed by atoms with E-state index in [1.165, 1.54) is 0 Å². The lowest BCUT2D eigenvalue weighted by molar-refractivity contribution is -0.0855. The molecule has 0 amide bonds. The number of halogens is 2. The van der Waals surface area contributed by atoms with Crippen LogP contribution < -0.4 is 15.4 Å². The van der Waals surface area contributed by atoms with Crippen LogP contribution in [0.15, 0.2) is 23.2 Å². The van der Waals surface area contributed by atoms with E-state index in [9.17, 15) is 0 Å². The van der Waals surface area contributed by atoms with E-state index in [0.29, 0.717) is 11.6 Å². The lowest BCUT2D eigenvalue weighted by Gasteiger charge is -2.36. The van der Waals surface area contributed by atoms with Gasteiger partial charge in [-0.25, -0.2) is 0 Å². The van der Waals surface area contributed by atoms with Crippen molar-refractivity contribution in [3.63, 3.8) is 0 Å². The van der Waals surface area contributed by atoms with Crippen molar-refractivity contribution in [3.05, 3.63) is 28.8 Å². The molecule has 1 aliphatic heterocycles. The molecule has 2 N–H and O–H groups in total. The highest BCUT2D eigenvalue weighted by Crippen LogP contribution is 2.24. The second-order valence-corrected chi connectivity index (χ2v) is 6.47. The van der Waals surface area contributed by atoms with Crippen molar-refractivity contribution in [2.75, 3.05) is 47.6 Å². The van der Waals surface area contributed by atoms with Gasteiger partial charge in [0.2, 0.25) is 0 Å². The third-order valence-electron chi connectivity index (χ3n) is 4.59. The summed E-state index contributed by atoms with van der Waals surface area (Å²) in [5.41, 5.74) is 0.887. The number of hydrogen-bond acceptors (Lipinski definition) is 4. The topological polar surface area (TPSA) is 64.1 Å². The quantitative estimate of drug-likeness (QED) is 0.345. The average molecular weight is 498 g/mol. The van der Waals surface area contributed by atoms with Crippen LogP contribution in [0.1, 0.15) is 18.4 Å². The van der Waals surface area contributed by atoms with E-state index in [0.717, 1.165) is 56.3 Å². The molecule has 1 fully saturated rings. The number of nitrogens with zero attached hydrogens (tertiary/aromatic N) is 1. The zero-order valence-corrected chi connectivity index (χ0v) is 18.7. The first-order valence-electron chi connectivity index (χ1n) is 8.52. The summed E-state index contributed by atoms with van der Waals surface area (Å²) >= 11 is 6.28. The third-order valence-corrected chi connectivity index (χ3v) is 4.94. The number of aliphatic imine (C=N–C) groups is 1. The molecule has 0 atom stereocenters. The van der Waals surface area contributed by atoms with Crippen LogP contribution in [0, 0.1) is 0 Å². The highest BCUT2D eigenvalue weighted by molar-refractivity contribution is 14.0. The molecular formula is C18H29ClIN3O3. The number of methoxy groups -OCH3 is 2. The number of ether oxygens (including phenoxy) is 3. The molecule has 26 heavy (non-hydrogen) atoms. The third kappa shape index (κ3) is 6.75. The van der Waals surface area contributed by atoms with Gasteiger partial charge in [-0.3, -0.25) is 4.99 Å². The number of benzene rings is 1. The van der Waals surface area contributed by atoms with E-state index in [2.05, 4.69) is 15.6 Å². The SMILES string of the molecule is CN=C(NCCc1ccc(OC)cc1Cl)NCC1(OC)CCOCC1.I. The van der Waals surface area contributed by atoms with Crippen molar-refractivity contribution >= 4 is 41.5 Å². The van der Waals surface area contributed by atoms with E-state index < -0.39 is 0 Å². The van der Waals surface area contributed by atoms with Gasteiger partial charge in [0.15, 0.2) is 5.96 Å². The lowest BCUT2D eigenvalue weighted by atomic mass is 9.94. The normalized spacial score (nSPS) is 16.5. The molecular weight excluding hydrogens is 469 g/mol. The van der Waals surface area contributed by atoms with Gasteiger partial charge in [-0.1, -0.05) is 17.7 Å². The summed E-state index contributed by atoms with van der Waals surface area (Å²) in [6.07, 6.45) is 2.57. The monoisotopic (exact) mass is 497 g/mol. The molecule has 0 unspecified atom stereocenters. The standard InChI is InChI=1S/C18H28ClN3O3.HI/c1-20-17(22-13-18(24-3)7-10-25-11-8-18)21-9-6-14-4-5-15(23-2)12-16(14)19;/h4-5,12H,6-11,13H2,1-3H3,(H2,20,21,22);1H. The second kappa shape index (κ2) is 11.8. The van der Waals surface area contributed by atoms with E-state index in [1.54, 1.807) is 21.3 Å². The smallest absolute Gasteiger partial charge is 0.191 e. The molecule has 1 aromatic carbocycles. The maximum absolute atomic E-state index is 6.28. The van der Waals surface area contributed by atoms with Gasteiger partial charge in [-0.15, -0.1) is 24.0 Å².